The lowest BCUT2D eigenvalue weighted by Gasteiger charge is -2.22. The number of carbonyl (C=O) groups is 1. The van der Waals surface area contributed by atoms with Gasteiger partial charge in [0.2, 0.25) is 0 Å². The van der Waals surface area contributed by atoms with Crippen molar-refractivity contribution in [2.24, 2.45) is 0 Å². The molecule has 3 aromatic rings. The maximum Gasteiger partial charge on any atom is 0.271 e. The average molecular weight is 369 g/mol. The van der Waals surface area contributed by atoms with Crippen molar-refractivity contribution >= 4 is 27.5 Å². The summed E-state index contributed by atoms with van der Waals surface area (Å²) in [7, 11) is 0. The molecule has 2 atom stereocenters. The summed E-state index contributed by atoms with van der Waals surface area (Å²) in [5.41, 5.74) is 1.50. The zero-order valence-electron chi connectivity index (χ0n) is 14.8. The molecule has 1 aromatic carbocycles. The van der Waals surface area contributed by atoms with Gasteiger partial charge in [0.1, 0.15) is 5.69 Å². The van der Waals surface area contributed by atoms with Gasteiger partial charge in [0, 0.05) is 25.2 Å². The fourth-order valence-corrected chi connectivity index (χ4v) is 4.44. The monoisotopic (exact) mass is 369 g/mol. The van der Waals surface area contributed by atoms with E-state index in [1.54, 1.807) is 17.4 Å². The van der Waals surface area contributed by atoms with Crippen molar-refractivity contribution in [3.8, 4) is 0 Å². The lowest BCUT2D eigenvalue weighted by molar-refractivity contribution is 0.0933. The van der Waals surface area contributed by atoms with Gasteiger partial charge in [0.05, 0.1) is 21.3 Å². The molecule has 3 heterocycles. The number of rotatable bonds is 5. The summed E-state index contributed by atoms with van der Waals surface area (Å²) in [4.78, 5) is 17.1. The van der Waals surface area contributed by atoms with Gasteiger partial charge >= 0.3 is 0 Å². The van der Waals surface area contributed by atoms with E-state index >= 15 is 0 Å². The van der Waals surface area contributed by atoms with E-state index in [4.69, 9.17) is 0 Å². The van der Waals surface area contributed by atoms with Gasteiger partial charge < -0.3 is 10.6 Å². The molecule has 6 nitrogen and oxygen atoms in total. The van der Waals surface area contributed by atoms with Crippen molar-refractivity contribution in [2.45, 2.75) is 38.3 Å². The first-order chi connectivity index (χ1) is 12.7. The van der Waals surface area contributed by atoms with Gasteiger partial charge in [-0.1, -0.05) is 12.1 Å². The highest BCUT2D eigenvalue weighted by Gasteiger charge is 2.19. The second-order valence-electron chi connectivity index (χ2n) is 6.84. The second kappa shape index (κ2) is 7.55. The summed E-state index contributed by atoms with van der Waals surface area (Å²) in [5.74, 6) is -0.124. The van der Waals surface area contributed by atoms with Gasteiger partial charge in [0.25, 0.3) is 5.91 Å². The highest BCUT2D eigenvalue weighted by Crippen LogP contribution is 2.22. The maximum atomic E-state index is 12.5. The number of piperidine rings is 1. The average Bonchev–Trinajstić information content (AvgIpc) is 3.29. The van der Waals surface area contributed by atoms with E-state index in [-0.39, 0.29) is 11.9 Å². The molecular formula is C19H23N5OS. The number of hydrogen-bond donors (Lipinski definition) is 2. The van der Waals surface area contributed by atoms with Crippen molar-refractivity contribution in [3.63, 3.8) is 0 Å². The molecule has 1 fully saturated rings. The zero-order chi connectivity index (χ0) is 17.9. The molecule has 2 aromatic heterocycles. The predicted molar refractivity (Wildman–Crippen MR) is 104 cm³/mol. The molecule has 0 bridgehead atoms. The van der Waals surface area contributed by atoms with Crippen LogP contribution in [0.15, 0.2) is 36.5 Å². The fraction of sp³-hybridized carbons (Fsp3) is 0.421. The standard InChI is InChI=1S/C19H23N5OS/c1-13(11-18-22-15-6-2-3-7-17(15)26-18)21-19(25)16-8-10-24(23-16)14-5-4-9-20-12-14/h2-3,6-8,10,13-14,20H,4-5,9,11-12H2,1H3,(H,21,25). The van der Waals surface area contributed by atoms with Crippen LogP contribution in [0.2, 0.25) is 0 Å². The number of para-hydroxylation sites is 1. The quantitative estimate of drug-likeness (QED) is 0.725. The van der Waals surface area contributed by atoms with Gasteiger partial charge in [-0.25, -0.2) is 4.98 Å². The molecule has 1 aliphatic heterocycles. The van der Waals surface area contributed by atoms with E-state index in [2.05, 4.69) is 26.8 Å². The molecule has 1 aliphatic rings. The van der Waals surface area contributed by atoms with Gasteiger partial charge in [-0.15, -0.1) is 11.3 Å². The number of fused-ring (bicyclic) bond motifs is 1. The molecule has 0 spiro atoms. The van der Waals surface area contributed by atoms with Gasteiger partial charge in [-0.3, -0.25) is 9.48 Å². The summed E-state index contributed by atoms with van der Waals surface area (Å²) in [6, 6.07) is 10.3. The third-order valence-electron chi connectivity index (χ3n) is 4.68. The minimum atomic E-state index is -0.124. The third-order valence-corrected chi connectivity index (χ3v) is 5.74. The Morgan fingerprint density at radius 2 is 2.31 bits per heavy atom. The summed E-state index contributed by atoms with van der Waals surface area (Å²) in [5, 5.41) is 11.9. The Labute approximate surface area is 156 Å². The van der Waals surface area contributed by atoms with E-state index in [1.165, 1.54) is 4.70 Å². The molecule has 0 saturated carbocycles. The first-order valence-corrected chi connectivity index (χ1v) is 9.92. The van der Waals surface area contributed by atoms with Crippen LogP contribution in [0.25, 0.3) is 10.2 Å². The third kappa shape index (κ3) is 3.78. The zero-order valence-corrected chi connectivity index (χ0v) is 15.6. The molecule has 26 heavy (non-hydrogen) atoms. The predicted octanol–water partition coefficient (Wildman–Crippen LogP) is 2.78. The largest absolute Gasteiger partial charge is 0.348 e. The Kier molecular flexibility index (Phi) is 4.99. The Hall–Kier alpha value is -2.25. The summed E-state index contributed by atoms with van der Waals surface area (Å²) in [6.07, 6.45) is 4.87. The lowest BCUT2D eigenvalue weighted by Crippen LogP contribution is -2.35. The van der Waals surface area contributed by atoms with Crippen LogP contribution in [0.4, 0.5) is 0 Å². The summed E-state index contributed by atoms with van der Waals surface area (Å²) < 4.78 is 3.10. The van der Waals surface area contributed by atoms with Gasteiger partial charge in [0.15, 0.2) is 0 Å². The minimum Gasteiger partial charge on any atom is -0.348 e. The number of aromatic nitrogens is 3. The maximum absolute atomic E-state index is 12.5. The number of benzene rings is 1. The van der Waals surface area contributed by atoms with E-state index in [9.17, 15) is 4.79 Å². The van der Waals surface area contributed by atoms with Crippen LogP contribution in [0, 0.1) is 0 Å². The van der Waals surface area contributed by atoms with E-state index in [0.29, 0.717) is 11.7 Å². The molecule has 1 amide bonds. The fourth-order valence-electron chi connectivity index (χ4n) is 3.34. The van der Waals surface area contributed by atoms with Crippen LogP contribution in [-0.2, 0) is 6.42 Å². The molecule has 1 saturated heterocycles. The van der Waals surface area contributed by atoms with Crippen LogP contribution in [0.5, 0.6) is 0 Å². The first kappa shape index (κ1) is 17.2. The van der Waals surface area contributed by atoms with Gasteiger partial charge in [-0.2, -0.15) is 5.10 Å². The Morgan fingerprint density at radius 3 is 3.12 bits per heavy atom. The van der Waals surface area contributed by atoms with Gasteiger partial charge in [-0.05, 0) is 44.5 Å². The molecule has 136 valence electrons. The summed E-state index contributed by atoms with van der Waals surface area (Å²) in [6.45, 7) is 3.98. The molecule has 4 rings (SSSR count). The Bertz CT molecular complexity index is 863. The van der Waals surface area contributed by atoms with Crippen molar-refractivity contribution in [1.82, 2.24) is 25.4 Å². The second-order valence-corrected chi connectivity index (χ2v) is 7.95. The molecule has 0 aliphatic carbocycles. The molecule has 7 heteroatoms. The van der Waals surface area contributed by atoms with E-state index < -0.39 is 0 Å². The highest BCUT2D eigenvalue weighted by atomic mass is 32.1. The van der Waals surface area contributed by atoms with Crippen LogP contribution in [-0.4, -0.2) is 39.8 Å². The lowest BCUT2D eigenvalue weighted by atomic mass is 10.1. The topological polar surface area (TPSA) is 71.8 Å². The van der Waals surface area contributed by atoms with Crippen LogP contribution in [0.3, 0.4) is 0 Å². The molecule has 2 N–H and O–H groups in total. The van der Waals surface area contributed by atoms with E-state index in [0.717, 1.165) is 42.9 Å². The normalized spacial score (nSPS) is 18.7. The number of carbonyl (C=O) groups excluding carboxylic acids is 1. The summed E-state index contributed by atoms with van der Waals surface area (Å²) >= 11 is 1.68. The van der Waals surface area contributed by atoms with Crippen molar-refractivity contribution in [2.75, 3.05) is 13.1 Å². The van der Waals surface area contributed by atoms with Crippen LogP contribution in [0.1, 0.15) is 41.3 Å². The van der Waals surface area contributed by atoms with Crippen molar-refractivity contribution in [3.05, 3.63) is 47.2 Å². The number of thiazole rings is 1. The van der Waals surface area contributed by atoms with Crippen molar-refractivity contribution in [1.29, 1.82) is 0 Å². The smallest absolute Gasteiger partial charge is 0.271 e. The van der Waals surface area contributed by atoms with E-state index in [1.807, 2.05) is 36.0 Å². The minimum absolute atomic E-state index is 0.00422. The van der Waals surface area contributed by atoms with Crippen LogP contribution >= 0.6 is 11.3 Å². The number of nitrogens with zero attached hydrogens (tertiary/aromatic N) is 3. The first-order valence-electron chi connectivity index (χ1n) is 9.10. The number of hydrogen-bond acceptors (Lipinski definition) is 5. The number of amides is 1. The molecule has 2 unspecified atom stereocenters. The number of nitrogens with one attached hydrogen (secondary N) is 2. The van der Waals surface area contributed by atoms with Crippen LogP contribution < -0.4 is 10.6 Å². The Balaban J connectivity index is 1.37. The molecular weight excluding hydrogens is 346 g/mol. The Morgan fingerprint density at radius 1 is 1.42 bits per heavy atom. The highest BCUT2D eigenvalue weighted by molar-refractivity contribution is 7.18. The molecule has 0 radical (unpaired) electrons. The van der Waals surface area contributed by atoms with Crippen molar-refractivity contribution < 1.29 is 4.79 Å². The SMILES string of the molecule is CC(Cc1nc2ccccc2s1)NC(=O)c1ccn(C2CCCNC2)n1.